The Morgan fingerprint density at radius 2 is 1.83 bits per heavy atom. The van der Waals surface area contributed by atoms with E-state index in [0.29, 0.717) is 0 Å². The van der Waals surface area contributed by atoms with Gasteiger partial charge in [-0.25, -0.2) is 0 Å². The molecular weight excluding hydrogens is 370 g/mol. The maximum Gasteiger partial charge on any atom is 0.133 e. The number of benzene rings is 1. The standard InChI is InChI=1S/C26H35N3O/c1-19-5-9-23(10-6-19)24-13-22(17-27-16-21-8-7-20(2)28-18-21)14-25(15-24)26(30)29-11-3-4-12-29/h5,9,13-15,18,26-27,30H,3-4,6-8,10-12,16-17H2,1-2H3. The minimum Gasteiger partial charge on any atom is -0.374 e. The van der Waals surface area contributed by atoms with Crippen molar-refractivity contribution in [2.75, 3.05) is 19.6 Å². The maximum atomic E-state index is 11.0. The van der Waals surface area contributed by atoms with Gasteiger partial charge in [-0.15, -0.1) is 0 Å². The zero-order valence-corrected chi connectivity index (χ0v) is 18.5. The van der Waals surface area contributed by atoms with Crippen molar-refractivity contribution in [2.24, 2.45) is 4.99 Å². The molecule has 2 N–H and O–H groups in total. The first-order chi connectivity index (χ1) is 14.6. The van der Waals surface area contributed by atoms with Crippen LogP contribution in [0.1, 0.15) is 75.3 Å². The van der Waals surface area contributed by atoms with E-state index in [4.69, 9.17) is 0 Å². The Morgan fingerprint density at radius 1 is 1.00 bits per heavy atom. The molecule has 3 aliphatic rings. The van der Waals surface area contributed by atoms with Crippen molar-refractivity contribution in [1.29, 1.82) is 0 Å². The van der Waals surface area contributed by atoms with Crippen molar-refractivity contribution >= 4 is 11.3 Å². The van der Waals surface area contributed by atoms with Crippen LogP contribution in [0.2, 0.25) is 0 Å². The summed E-state index contributed by atoms with van der Waals surface area (Å²) in [5.74, 6) is 0. The van der Waals surface area contributed by atoms with Crippen molar-refractivity contribution in [3.05, 3.63) is 64.4 Å². The second kappa shape index (κ2) is 9.86. The molecule has 1 aromatic carbocycles. The van der Waals surface area contributed by atoms with Crippen LogP contribution in [-0.2, 0) is 6.54 Å². The molecule has 0 saturated carbocycles. The van der Waals surface area contributed by atoms with Gasteiger partial charge in [0.2, 0.25) is 0 Å². The molecule has 160 valence electrons. The molecule has 1 aliphatic carbocycles. The van der Waals surface area contributed by atoms with Crippen molar-refractivity contribution < 1.29 is 5.11 Å². The average Bonchev–Trinajstić information content (AvgIpc) is 3.30. The third-order valence-corrected chi connectivity index (χ3v) is 6.48. The Morgan fingerprint density at radius 3 is 2.53 bits per heavy atom. The Labute approximate surface area is 181 Å². The van der Waals surface area contributed by atoms with Crippen LogP contribution in [0, 0.1) is 0 Å². The van der Waals surface area contributed by atoms with Gasteiger partial charge in [-0.1, -0.05) is 29.9 Å². The topological polar surface area (TPSA) is 47.9 Å². The summed E-state index contributed by atoms with van der Waals surface area (Å²) in [4.78, 5) is 6.66. The zero-order chi connectivity index (χ0) is 20.9. The number of rotatable bonds is 7. The van der Waals surface area contributed by atoms with Crippen molar-refractivity contribution in [3.8, 4) is 0 Å². The van der Waals surface area contributed by atoms with Gasteiger partial charge in [0.05, 0.1) is 0 Å². The van der Waals surface area contributed by atoms with Crippen LogP contribution in [0.5, 0.6) is 0 Å². The second-order valence-corrected chi connectivity index (χ2v) is 9.04. The maximum absolute atomic E-state index is 11.0. The van der Waals surface area contributed by atoms with Crippen LogP contribution >= 0.6 is 0 Å². The van der Waals surface area contributed by atoms with Gasteiger partial charge in [0.25, 0.3) is 0 Å². The smallest absolute Gasteiger partial charge is 0.133 e. The number of aliphatic hydroxyl groups excluding tert-OH is 1. The predicted octanol–water partition coefficient (Wildman–Crippen LogP) is 5.13. The van der Waals surface area contributed by atoms with E-state index in [0.717, 1.165) is 57.4 Å². The van der Waals surface area contributed by atoms with Gasteiger partial charge in [-0.3, -0.25) is 9.89 Å². The van der Waals surface area contributed by atoms with Crippen LogP contribution in [-0.4, -0.2) is 35.4 Å². The summed E-state index contributed by atoms with van der Waals surface area (Å²) in [5, 5.41) is 14.6. The molecule has 1 aromatic rings. The number of aliphatic hydroxyl groups is 1. The average molecular weight is 406 g/mol. The van der Waals surface area contributed by atoms with E-state index in [2.05, 4.69) is 59.4 Å². The molecule has 1 saturated heterocycles. The molecule has 2 heterocycles. The molecule has 2 aliphatic heterocycles. The molecule has 30 heavy (non-hydrogen) atoms. The summed E-state index contributed by atoms with van der Waals surface area (Å²) in [6, 6.07) is 6.68. The van der Waals surface area contributed by atoms with Gasteiger partial charge in [0.1, 0.15) is 6.23 Å². The minimum atomic E-state index is -0.508. The van der Waals surface area contributed by atoms with Gasteiger partial charge in [-0.2, -0.15) is 0 Å². The zero-order valence-electron chi connectivity index (χ0n) is 18.5. The fourth-order valence-electron chi connectivity index (χ4n) is 4.51. The Balaban J connectivity index is 1.52. The number of nitrogens with zero attached hydrogens (tertiary/aromatic N) is 2. The van der Waals surface area contributed by atoms with Crippen LogP contribution in [0.4, 0.5) is 0 Å². The van der Waals surface area contributed by atoms with Crippen LogP contribution < -0.4 is 5.32 Å². The molecule has 1 fully saturated rings. The third kappa shape index (κ3) is 5.37. The number of aliphatic imine (C=N–C) groups is 1. The molecular formula is C26H35N3O. The quantitative estimate of drug-likeness (QED) is 0.661. The normalized spacial score (nSPS) is 21.0. The molecule has 4 nitrogen and oxygen atoms in total. The Bertz CT molecular complexity index is 888. The highest BCUT2D eigenvalue weighted by Gasteiger charge is 2.22. The highest BCUT2D eigenvalue weighted by atomic mass is 16.3. The largest absolute Gasteiger partial charge is 0.374 e. The lowest BCUT2D eigenvalue weighted by Gasteiger charge is -2.24. The first kappa shape index (κ1) is 21.2. The summed E-state index contributed by atoms with van der Waals surface area (Å²) >= 11 is 0. The van der Waals surface area contributed by atoms with E-state index in [1.54, 1.807) is 0 Å². The fourth-order valence-corrected chi connectivity index (χ4v) is 4.51. The summed E-state index contributed by atoms with van der Waals surface area (Å²) in [6.45, 7) is 7.93. The minimum absolute atomic E-state index is 0.508. The van der Waals surface area contributed by atoms with Crippen molar-refractivity contribution in [1.82, 2.24) is 10.2 Å². The monoisotopic (exact) mass is 405 g/mol. The lowest BCUT2D eigenvalue weighted by molar-refractivity contribution is 0.0189. The van der Waals surface area contributed by atoms with E-state index in [1.165, 1.54) is 46.4 Å². The molecule has 0 radical (unpaired) electrons. The van der Waals surface area contributed by atoms with Crippen LogP contribution in [0.3, 0.4) is 0 Å². The summed E-state index contributed by atoms with van der Waals surface area (Å²) < 4.78 is 0. The summed E-state index contributed by atoms with van der Waals surface area (Å²) in [5.41, 5.74) is 8.91. The molecule has 0 amide bonds. The lowest BCUT2D eigenvalue weighted by Crippen LogP contribution is -2.25. The van der Waals surface area contributed by atoms with Gasteiger partial charge < -0.3 is 10.4 Å². The number of hydrogen-bond acceptors (Lipinski definition) is 4. The predicted molar refractivity (Wildman–Crippen MR) is 125 cm³/mol. The molecule has 0 bridgehead atoms. The first-order valence-electron chi connectivity index (χ1n) is 11.4. The highest BCUT2D eigenvalue weighted by Crippen LogP contribution is 2.31. The van der Waals surface area contributed by atoms with Gasteiger partial charge in [0, 0.05) is 38.1 Å². The van der Waals surface area contributed by atoms with Crippen molar-refractivity contribution in [3.63, 3.8) is 0 Å². The van der Waals surface area contributed by atoms with E-state index in [9.17, 15) is 5.11 Å². The lowest BCUT2D eigenvalue weighted by atomic mass is 9.91. The molecule has 4 rings (SSSR count). The van der Waals surface area contributed by atoms with E-state index in [1.807, 2.05) is 6.20 Å². The Kier molecular flexibility index (Phi) is 6.98. The van der Waals surface area contributed by atoms with E-state index in [-0.39, 0.29) is 0 Å². The summed E-state index contributed by atoms with van der Waals surface area (Å²) in [6.07, 6.45) is 12.7. The highest BCUT2D eigenvalue weighted by molar-refractivity contribution is 5.83. The molecule has 0 aromatic heterocycles. The second-order valence-electron chi connectivity index (χ2n) is 9.04. The molecule has 4 heteroatoms. The van der Waals surface area contributed by atoms with E-state index >= 15 is 0 Å². The number of likely N-dealkylation sites (tertiary alicyclic amines) is 1. The van der Waals surface area contributed by atoms with Gasteiger partial charge in [-0.05, 0) is 86.3 Å². The number of allylic oxidation sites excluding steroid dienone is 4. The van der Waals surface area contributed by atoms with Gasteiger partial charge >= 0.3 is 0 Å². The molecule has 1 atom stereocenters. The Hall–Kier alpha value is -2.01. The third-order valence-electron chi connectivity index (χ3n) is 6.48. The fraction of sp³-hybridized carbons (Fsp3) is 0.500. The van der Waals surface area contributed by atoms with Crippen molar-refractivity contribution in [2.45, 2.75) is 65.1 Å². The van der Waals surface area contributed by atoms with Gasteiger partial charge in [0.15, 0.2) is 0 Å². The number of nitrogens with one attached hydrogen (secondary N) is 1. The van der Waals surface area contributed by atoms with Crippen LogP contribution in [0.25, 0.3) is 5.57 Å². The SMILES string of the molecule is CC1=CC=C(c2cc(CNCC3=CN=C(C)CC3)cc(C(O)N3CCCC3)c2)CC1. The molecule has 0 spiro atoms. The van der Waals surface area contributed by atoms with Crippen LogP contribution in [0.15, 0.2) is 52.7 Å². The summed E-state index contributed by atoms with van der Waals surface area (Å²) in [7, 11) is 0. The van der Waals surface area contributed by atoms with E-state index < -0.39 is 6.23 Å². The molecule has 1 unspecified atom stereocenters. The number of hydrogen-bond donors (Lipinski definition) is 2. The first-order valence-corrected chi connectivity index (χ1v) is 11.4.